The van der Waals surface area contributed by atoms with E-state index in [0.717, 1.165) is 29.7 Å². The van der Waals surface area contributed by atoms with Gasteiger partial charge in [-0.25, -0.2) is 0 Å². The Morgan fingerprint density at radius 2 is 2.00 bits per heavy atom. The molecule has 3 rings (SSSR count). The highest BCUT2D eigenvalue weighted by molar-refractivity contribution is 9.10. The predicted molar refractivity (Wildman–Crippen MR) is 102 cm³/mol. The molecule has 132 valence electrons. The van der Waals surface area contributed by atoms with Crippen LogP contribution >= 0.6 is 15.9 Å². The first-order chi connectivity index (χ1) is 12.1. The molecule has 25 heavy (non-hydrogen) atoms. The first-order valence-electron chi connectivity index (χ1n) is 8.76. The lowest BCUT2D eigenvalue weighted by atomic mass is 9.93. The van der Waals surface area contributed by atoms with Gasteiger partial charge in [0.05, 0.1) is 17.7 Å². The second-order valence-corrected chi connectivity index (χ2v) is 7.37. The van der Waals surface area contributed by atoms with Gasteiger partial charge in [-0.15, -0.1) is 0 Å². The van der Waals surface area contributed by atoms with Crippen LogP contribution in [0.4, 0.5) is 0 Å². The van der Waals surface area contributed by atoms with Gasteiger partial charge in [0.25, 0.3) is 0 Å². The zero-order valence-electron chi connectivity index (χ0n) is 14.4. The van der Waals surface area contributed by atoms with E-state index >= 15 is 0 Å². The maximum atomic E-state index is 11.3. The van der Waals surface area contributed by atoms with Gasteiger partial charge in [0, 0.05) is 10.7 Å². The van der Waals surface area contributed by atoms with Gasteiger partial charge in [-0.2, -0.15) is 0 Å². The van der Waals surface area contributed by atoms with Gasteiger partial charge in [0.15, 0.2) is 0 Å². The minimum Gasteiger partial charge on any atom is -0.481 e. The Bertz CT molecular complexity index is 725. The molecule has 1 aromatic carbocycles. The fraction of sp³-hybridized carbons (Fsp3) is 0.400. The first kappa shape index (κ1) is 18.1. The number of aromatic nitrogens is 1. The third-order valence-electron chi connectivity index (χ3n) is 4.98. The summed E-state index contributed by atoms with van der Waals surface area (Å²) in [6, 6.07) is 12.5. The number of carboxylic acids is 1. The summed E-state index contributed by atoms with van der Waals surface area (Å²) in [6.45, 7) is 3.65. The minimum absolute atomic E-state index is 0.0382. The summed E-state index contributed by atoms with van der Waals surface area (Å²) >= 11 is 3.68. The van der Waals surface area contributed by atoms with Gasteiger partial charge < -0.3 is 5.11 Å². The number of aliphatic carboxylic acids is 1. The van der Waals surface area contributed by atoms with Crippen LogP contribution < -0.4 is 0 Å². The van der Waals surface area contributed by atoms with E-state index in [1.807, 2.05) is 24.4 Å². The molecule has 0 spiro atoms. The molecular formula is C20H23BrN2O2. The van der Waals surface area contributed by atoms with Crippen molar-refractivity contribution in [1.29, 1.82) is 0 Å². The molecule has 0 aliphatic carbocycles. The van der Waals surface area contributed by atoms with Crippen molar-refractivity contribution >= 4 is 21.9 Å². The molecule has 0 radical (unpaired) electrons. The number of aryl methyl sites for hydroxylation is 1. The SMILES string of the molecule is CCc1ccc(C(c2ccccc2Br)N2CCC(C(=O)O)CC2)nc1. The van der Waals surface area contributed by atoms with Crippen LogP contribution in [-0.2, 0) is 11.2 Å². The molecule has 1 saturated heterocycles. The highest BCUT2D eigenvalue weighted by atomic mass is 79.9. The molecule has 1 aliphatic rings. The highest BCUT2D eigenvalue weighted by Gasteiger charge is 2.31. The number of carbonyl (C=O) groups is 1. The molecule has 1 atom stereocenters. The number of carboxylic acid groups (broad SMARTS) is 1. The first-order valence-corrected chi connectivity index (χ1v) is 9.55. The van der Waals surface area contributed by atoms with Crippen molar-refractivity contribution in [3.05, 3.63) is 63.9 Å². The Morgan fingerprint density at radius 3 is 2.56 bits per heavy atom. The van der Waals surface area contributed by atoms with Crippen molar-refractivity contribution < 1.29 is 9.90 Å². The summed E-state index contributed by atoms with van der Waals surface area (Å²) in [6.07, 6.45) is 4.28. The van der Waals surface area contributed by atoms with Crippen LogP contribution in [0, 0.1) is 5.92 Å². The van der Waals surface area contributed by atoms with Gasteiger partial charge >= 0.3 is 5.97 Å². The van der Waals surface area contributed by atoms with Crippen molar-refractivity contribution in [2.24, 2.45) is 5.92 Å². The standard InChI is InChI=1S/C20H23BrN2O2/c1-2-14-7-8-18(22-13-14)19(16-5-3-4-6-17(16)21)23-11-9-15(10-12-23)20(24)25/h3-8,13,15,19H,2,9-12H2,1H3,(H,24,25). The Labute approximate surface area is 157 Å². The number of hydrogen-bond acceptors (Lipinski definition) is 3. The van der Waals surface area contributed by atoms with Crippen LogP contribution in [0.15, 0.2) is 47.1 Å². The zero-order chi connectivity index (χ0) is 17.8. The van der Waals surface area contributed by atoms with E-state index in [-0.39, 0.29) is 12.0 Å². The van der Waals surface area contributed by atoms with E-state index in [4.69, 9.17) is 4.98 Å². The molecule has 1 fully saturated rings. The van der Waals surface area contributed by atoms with Crippen molar-refractivity contribution in [2.45, 2.75) is 32.2 Å². The van der Waals surface area contributed by atoms with Gasteiger partial charge in [0.1, 0.15) is 0 Å². The second kappa shape index (κ2) is 8.11. The average Bonchev–Trinajstić information content (AvgIpc) is 2.64. The number of piperidine rings is 1. The lowest BCUT2D eigenvalue weighted by Gasteiger charge is -2.37. The van der Waals surface area contributed by atoms with E-state index in [2.05, 4.69) is 46.0 Å². The maximum Gasteiger partial charge on any atom is 0.306 e. The number of likely N-dealkylation sites (tertiary alicyclic amines) is 1. The van der Waals surface area contributed by atoms with E-state index in [1.54, 1.807) is 0 Å². The highest BCUT2D eigenvalue weighted by Crippen LogP contribution is 2.35. The molecule has 1 aromatic heterocycles. The molecule has 4 nitrogen and oxygen atoms in total. The summed E-state index contributed by atoms with van der Waals surface area (Å²) < 4.78 is 1.06. The second-order valence-electron chi connectivity index (χ2n) is 6.52. The van der Waals surface area contributed by atoms with Crippen molar-refractivity contribution in [3.63, 3.8) is 0 Å². The van der Waals surface area contributed by atoms with Gasteiger partial charge in [-0.1, -0.05) is 47.1 Å². The lowest BCUT2D eigenvalue weighted by molar-refractivity contribution is -0.143. The Morgan fingerprint density at radius 1 is 1.28 bits per heavy atom. The summed E-state index contributed by atoms with van der Waals surface area (Å²) in [5.41, 5.74) is 3.41. The quantitative estimate of drug-likeness (QED) is 0.809. The van der Waals surface area contributed by atoms with E-state index in [9.17, 15) is 9.90 Å². The summed E-state index contributed by atoms with van der Waals surface area (Å²) in [7, 11) is 0. The van der Waals surface area contributed by atoms with E-state index in [1.165, 1.54) is 11.1 Å². The number of halogens is 1. The monoisotopic (exact) mass is 402 g/mol. The largest absolute Gasteiger partial charge is 0.481 e. The number of pyridine rings is 1. The molecule has 5 heteroatoms. The van der Waals surface area contributed by atoms with Gasteiger partial charge in [-0.3, -0.25) is 14.7 Å². The van der Waals surface area contributed by atoms with Gasteiger partial charge in [-0.05, 0) is 55.6 Å². The minimum atomic E-state index is -0.678. The molecule has 2 heterocycles. The van der Waals surface area contributed by atoms with Crippen LogP contribution in [0.5, 0.6) is 0 Å². The third kappa shape index (κ3) is 4.10. The summed E-state index contributed by atoms with van der Waals surface area (Å²) in [5.74, 6) is -0.908. The fourth-order valence-corrected chi connectivity index (χ4v) is 3.95. The number of rotatable bonds is 5. The summed E-state index contributed by atoms with van der Waals surface area (Å²) in [5, 5.41) is 9.26. The maximum absolute atomic E-state index is 11.3. The van der Waals surface area contributed by atoms with Crippen LogP contribution in [-0.4, -0.2) is 34.0 Å². The molecule has 2 aromatic rings. The Kier molecular flexibility index (Phi) is 5.86. The number of benzene rings is 1. The zero-order valence-corrected chi connectivity index (χ0v) is 15.9. The summed E-state index contributed by atoms with van der Waals surface area (Å²) in [4.78, 5) is 18.3. The number of nitrogens with zero attached hydrogens (tertiary/aromatic N) is 2. The van der Waals surface area contributed by atoms with Crippen molar-refractivity contribution in [1.82, 2.24) is 9.88 Å². The lowest BCUT2D eigenvalue weighted by Crippen LogP contribution is -2.39. The van der Waals surface area contributed by atoms with Crippen molar-refractivity contribution in [2.75, 3.05) is 13.1 Å². The third-order valence-corrected chi connectivity index (χ3v) is 5.70. The molecule has 0 amide bonds. The van der Waals surface area contributed by atoms with E-state index < -0.39 is 5.97 Å². The molecular weight excluding hydrogens is 380 g/mol. The molecule has 1 N–H and O–H groups in total. The predicted octanol–water partition coefficient (Wildman–Crippen LogP) is 4.29. The topological polar surface area (TPSA) is 53.4 Å². The van der Waals surface area contributed by atoms with Crippen molar-refractivity contribution in [3.8, 4) is 0 Å². The molecule has 1 aliphatic heterocycles. The Hall–Kier alpha value is -1.72. The fourth-order valence-electron chi connectivity index (χ4n) is 3.45. The van der Waals surface area contributed by atoms with Crippen LogP contribution in [0.1, 0.15) is 42.6 Å². The van der Waals surface area contributed by atoms with Gasteiger partial charge in [0.2, 0.25) is 0 Å². The molecule has 1 unspecified atom stereocenters. The average molecular weight is 403 g/mol. The Balaban J connectivity index is 1.92. The number of hydrogen-bond donors (Lipinski definition) is 1. The smallest absolute Gasteiger partial charge is 0.306 e. The van der Waals surface area contributed by atoms with Crippen LogP contribution in [0.3, 0.4) is 0 Å². The molecule has 0 bridgehead atoms. The van der Waals surface area contributed by atoms with E-state index in [0.29, 0.717) is 12.8 Å². The van der Waals surface area contributed by atoms with Crippen LogP contribution in [0.25, 0.3) is 0 Å². The van der Waals surface area contributed by atoms with Crippen LogP contribution in [0.2, 0.25) is 0 Å². The molecule has 0 saturated carbocycles. The normalized spacial score (nSPS) is 17.4.